The van der Waals surface area contributed by atoms with Crippen LogP contribution in [-0.4, -0.2) is 41.5 Å². The zero-order valence-corrected chi connectivity index (χ0v) is 22.4. The second-order valence-electron chi connectivity index (χ2n) is 8.04. The van der Waals surface area contributed by atoms with Crippen LogP contribution in [0, 0.1) is 13.8 Å². The molecule has 1 aromatic heterocycles. The maximum Gasteiger partial charge on any atom is 0.350 e. The molecule has 0 saturated carbocycles. The van der Waals surface area contributed by atoms with Crippen molar-refractivity contribution in [3.8, 4) is 5.75 Å². The van der Waals surface area contributed by atoms with Crippen molar-refractivity contribution >= 4 is 55.8 Å². The van der Waals surface area contributed by atoms with Gasteiger partial charge in [-0.05, 0) is 62.2 Å². The summed E-state index contributed by atoms with van der Waals surface area (Å²) >= 11 is 4.37. The van der Waals surface area contributed by atoms with Crippen LogP contribution in [0.15, 0.2) is 52.5 Å². The van der Waals surface area contributed by atoms with Gasteiger partial charge in [-0.1, -0.05) is 39.4 Å². The fourth-order valence-corrected chi connectivity index (χ4v) is 5.29. The Balaban J connectivity index is 1.91. The van der Waals surface area contributed by atoms with Crippen molar-refractivity contribution < 1.29 is 29.0 Å². The molecule has 10 heteroatoms. The molecule has 36 heavy (non-hydrogen) atoms. The summed E-state index contributed by atoms with van der Waals surface area (Å²) in [4.78, 5) is 44.9. The highest BCUT2D eigenvalue weighted by Gasteiger charge is 2.48. The van der Waals surface area contributed by atoms with Crippen LogP contribution in [0.4, 0.5) is 5.13 Å². The normalized spacial score (nSPS) is 16.9. The van der Waals surface area contributed by atoms with Crippen LogP contribution in [0.25, 0.3) is 5.76 Å². The van der Waals surface area contributed by atoms with E-state index in [-0.39, 0.29) is 27.9 Å². The maximum absolute atomic E-state index is 13.3. The van der Waals surface area contributed by atoms with E-state index >= 15 is 0 Å². The number of halogens is 1. The molecule has 8 nitrogen and oxygen atoms in total. The number of ether oxygens (including phenoxy) is 2. The Morgan fingerprint density at radius 3 is 2.47 bits per heavy atom. The zero-order valence-electron chi connectivity index (χ0n) is 20.0. The smallest absolute Gasteiger partial charge is 0.350 e. The molecule has 1 fully saturated rings. The second kappa shape index (κ2) is 10.2. The molecular formula is C26H23BrN2O6S. The van der Waals surface area contributed by atoms with Crippen molar-refractivity contribution in [1.82, 2.24) is 4.98 Å². The third-order valence-electron chi connectivity index (χ3n) is 5.75. The number of carbonyl (C=O) groups is 3. The summed E-state index contributed by atoms with van der Waals surface area (Å²) in [6.45, 7) is 5.34. The molecule has 1 aliphatic heterocycles. The third-order valence-corrected chi connectivity index (χ3v) is 7.42. The Hall–Kier alpha value is -3.50. The number of carbonyl (C=O) groups excluding carboxylic acids is 3. The summed E-state index contributed by atoms with van der Waals surface area (Å²) in [5.41, 5.74) is 2.03. The summed E-state index contributed by atoms with van der Waals surface area (Å²) in [7, 11) is 1.54. The number of Topliss-reactive ketones (excluding diaryl/α,β-unsaturated/α-hetero) is 1. The van der Waals surface area contributed by atoms with Gasteiger partial charge >= 0.3 is 11.9 Å². The monoisotopic (exact) mass is 570 g/mol. The van der Waals surface area contributed by atoms with Crippen LogP contribution < -0.4 is 9.64 Å². The molecule has 0 spiro atoms. The number of amides is 1. The van der Waals surface area contributed by atoms with Crippen LogP contribution >= 0.6 is 27.3 Å². The topological polar surface area (TPSA) is 106 Å². The molecular weight excluding hydrogens is 548 g/mol. The molecule has 1 aliphatic rings. The summed E-state index contributed by atoms with van der Waals surface area (Å²) < 4.78 is 11.2. The lowest BCUT2D eigenvalue weighted by molar-refractivity contribution is -0.132. The van der Waals surface area contributed by atoms with Crippen LogP contribution in [0.1, 0.15) is 45.0 Å². The molecule has 1 amide bonds. The van der Waals surface area contributed by atoms with Crippen LogP contribution in [0.3, 0.4) is 0 Å². The van der Waals surface area contributed by atoms with Gasteiger partial charge in [0.1, 0.15) is 16.4 Å². The largest absolute Gasteiger partial charge is 0.507 e. The average Bonchev–Trinajstić information content (AvgIpc) is 3.36. The molecule has 186 valence electrons. The van der Waals surface area contributed by atoms with Crippen LogP contribution in [0.2, 0.25) is 0 Å². The SMILES string of the molecule is CCOC(=O)c1sc(N2C(=O)C(=O)C(=C(O)c3ccc(OC)c(C)c3)C2c2ccc(Br)cc2)nc1C. The van der Waals surface area contributed by atoms with Gasteiger partial charge in [0.05, 0.1) is 31.0 Å². The van der Waals surface area contributed by atoms with E-state index in [1.165, 1.54) is 4.90 Å². The maximum atomic E-state index is 13.3. The number of anilines is 1. The third kappa shape index (κ3) is 4.54. The van der Waals surface area contributed by atoms with E-state index in [0.717, 1.165) is 21.4 Å². The number of methoxy groups -OCH3 is 1. The van der Waals surface area contributed by atoms with E-state index in [9.17, 15) is 19.5 Å². The number of nitrogens with zero attached hydrogens (tertiary/aromatic N) is 2. The van der Waals surface area contributed by atoms with Crippen molar-refractivity contribution in [3.63, 3.8) is 0 Å². The van der Waals surface area contributed by atoms with E-state index in [1.807, 2.05) is 6.92 Å². The Morgan fingerprint density at radius 2 is 1.86 bits per heavy atom. The van der Waals surface area contributed by atoms with Crippen molar-refractivity contribution in [2.24, 2.45) is 0 Å². The van der Waals surface area contributed by atoms with E-state index in [4.69, 9.17) is 9.47 Å². The van der Waals surface area contributed by atoms with E-state index in [1.54, 1.807) is 63.4 Å². The second-order valence-corrected chi connectivity index (χ2v) is 9.93. The molecule has 2 aromatic carbocycles. The number of hydrogen-bond acceptors (Lipinski definition) is 8. The lowest BCUT2D eigenvalue weighted by Gasteiger charge is -2.23. The van der Waals surface area contributed by atoms with E-state index in [0.29, 0.717) is 22.6 Å². The molecule has 0 aliphatic carbocycles. The van der Waals surface area contributed by atoms with Crippen LogP contribution in [0.5, 0.6) is 5.75 Å². The number of hydrogen-bond donors (Lipinski definition) is 1. The van der Waals surface area contributed by atoms with Gasteiger partial charge in [-0.2, -0.15) is 0 Å². The van der Waals surface area contributed by atoms with Gasteiger partial charge in [0, 0.05) is 10.0 Å². The number of benzene rings is 2. The first kappa shape index (κ1) is 25.6. The van der Waals surface area contributed by atoms with Gasteiger partial charge in [-0.3, -0.25) is 14.5 Å². The first-order chi connectivity index (χ1) is 17.2. The Kier molecular flexibility index (Phi) is 7.28. The number of rotatable bonds is 6. The lowest BCUT2D eigenvalue weighted by Crippen LogP contribution is -2.29. The standard InChI is InChI=1S/C26H23BrN2O6S/c1-5-35-25(33)23-14(3)28-26(36-23)29-20(15-6-9-17(27)10-7-15)19(22(31)24(29)32)21(30)16-8-11-18(34-4)13(2)12-16/h6-12,20,30H,5H2,1-4H3. The number of esters is 1. The van der Waals surface area contributed by atoms with Gasteiger partial charge < -0.3 is 14.6 Å². The number of thiazole rings is 1. The number of aryl methyl sites for hydroxylation is 2. The first-order valence-corrected chi connectivity index (χ1v) is 12.6. The number of aliphatic hydroxyl groups is 1. The number of aliphatic hydroxyl groups excluding tert-OH is 1. The Labute approximate surface area is 220 Å². The molecule has 3 aromatic rings. The summed E-state index contributed by atoms with van der Waals surface area (Å²) in [6.07, 6.45) is 0. The number of ketones is 1. The molecule has 0 radical (unpaired) electrons. The molecule has 0 bridgehead atoms. The van der Waals surface area contributed by atoms with E-state index in [2.05, 4.69) is 20.9 Å². The van der Waals surface area contributed by atoms with Gasteiger partial charge in [-0.25, -0.2) is 9.78 Å². The molecule has 2 heterocycles. The predicted molar refractivity (Wildman–Crippen MR) is 139 cm³/mol. The fourth-order valence-electron chi connectivity index (χ4n) is 4.04. The Morgan fingerprint density at radius 1 is 1.17 bits per heavy atom. The average molecular weight is 571 g/mol. The van der Waals surface area contributed by atoms with Gasteiger partial charge in [0.25, 0.3) is 5.78 Å². The molecule has 1 unspecified atom stereocenters. The highest BCUT2D eigenvalue weighted by molar-refractivity contribution is 9.10. The highest BCUT2D eigenvalue weighted by Crippen LogP contribution is 2.44. The summed E-state index contributed by atoms with van der Waals surface area (Å²) in [6, 6.07) is 11.1. The first-order valence-electron chi connectivity index (χ1n) is 11.0. The predicted octanol–water partition coefficient (Wildman–Crippen LogP) is 5.33. The zero-order chi connectivity index (χ0) is 26.1. The minimum atomic E-state index is -0.957. The van der Waals surface area contributed by atoms with E-state index < -0.39 is 23.7 Å². The summed E-state index contributed by atoms with van der Waals surface area (Å²) in [5, 5.41) is 11.5. The van der Waals surface area contributed by atoms with Crippen LogP contribution in [-0.2, 0) is 14.3 Å². The minimum absolute atomic E-state index is 0.0718. The minimum Gasteiger partial charge on any atom is -0.507 e. The molecule has 1 atom stereocenters. The van der Waals surface area contributed by atoms with Crippen molar-refractivity contribution in [2.45, 2.75) is 26.8 Å². The van der Waals surface area contributed by atoms with Crippen molar-refractivity contribution in [2.75, 3.05) is 18.6 Å². The number of aromatic nitrogens is 1. The Bertz CT molecular complexity index is 1400. The fraction of sp³-hybridized carbons (Fsp3) is 0.231. The molecule has 1 N–H and O–H groups in total. The van der Waals surface area contributed by atoms with Gasteiger partial charge in [0.15, 0.2) is 5.13 Å². The van der Waals surface area contributed by atoms with Gasteiger partial charge in [0.2, 0.25) is 0 Å². The molecule has 4 rings (SSSR count). The summed E-state index contributed by atoms with van der Waals surface area (Å²) in [5.74, 6) is -1.93. The van der Waals surface area contributed by atoms with Crippen molar-refractivity contribution in [1.29, 1.82) is 0 Å². The highest BCUT2D eigenvalue weighted by atomic mass is 79.9. The van der Waals surface area contributed by atoms with Gasteiger partial charge in [-0.15, -0.1) is 0 Å². The quantitative estimate of drug-likeness (QED) is 0.184. The molecule has 1 saturated heterocycles. The lowest BCUT2D eigenvalue weighted by atomic mass is 9.95. The van der Waals surface area contributed by atoms with Crippen molar-refractivity contribution in [3.05, 3.63) is 79.8 Å².